The zero-order valence-corrected chi connectivity index (χ0v) is 59.2. The molecular formula is C49H94O9S12Si3. The molecule has 0 saturated heterocycles. The van der Waals surface area contributed by atoms with E-state index in [1.165, 1.54) is 89.9 Å². The van der Waals surface area contributed by atoms with Crippen LogP contribution in [-0.2, 0) is 39.8 Å². The largest absolute Gasteiger partial charge is 0.519 e. The van der Waals surface area contributed by atoms with Gasteiger partial charge in [-0.2, -0.15) is 0 Å². The lowest BCUT2D eigenvalue weighted by Crippen LogP contribution is -2.70. The molecule has 0 aromatic rings. The summed E-state index contributed by atoms with van der Waals surface area (Å²) >= 11 is 0. The lowest BCUT2D eigenvalue weighted by Gasteiger charge is -2.66. The first-order valence-electron chi connectivity index (χ1n) is 28.2. The van der Waals surface area contributed by atoms with Crippen molar-refractivity contribution in [2.45, 2.75) is 214 Å². The molecule has 7 fully saturated rings. The molecule has 7 aliphatic carbocycles. The van der Waals surface area contributed by atoms with Crippen molar-refractivity contribution in [3.8, 4) is 0 Å². The minimum absolute atomic E-state index is 0.127. The first-order chi connectivity index (χ1) is 35.2. The number of fused-ring (bicyclic) bond motifs is 6. The quantitative estimate of drug-likeness (QED) is 0.0336. The summed E-state index contributed by atoms with van der Waals surface area (Å²) in [6.45, 7) is 32.7. The van der Waals surface area contributed by atoms with Gasteiger partial charge in [-0.1, -0.05) is 81.7 Å². The van der Waals surface area contributed by atoms with Crippen molar-refractivity contribution in [3.63, 3.8) is 0 Å². The SMILES string of the molecule is CCO[Si](OCC)(OCC)C1(SSSSSSS(SC2(C)CCCCC2)(C(C)(C)SSSSC2([Si](OCC)(OCC)OCC)CC3CCC2C3)C2([Si](OCC)(OCC)OCC)CC3CCC2C3)CC2CCC1C2. The van der Waals surface area contributed by atoms with Crippen molar-refractivity contribution in [3.05, 3.63) is 0 Å². The van der Waals surface area contributed by atoms with E-state index in [2.05, 4.69) is 135 Å². The topological polar surface area (TPSA) is 83.1 Å². The van der Waals surface area contributed by atoms with E-state index in [4.69, 9.17) is 39.8 Å². The Morgan fingerprint density at radius 2 is 0.836 bits per heavy atom. The molecule has 0 aromatic carbocycles. The highest BCUT2D eigenvalue weighted by atomic mass is 34.0. The van der Waals surface area contributed by atoms with Crippen LogP contribution in [0.3, 0.4) is 0 Å². The van der Waals surface area contributed by atoms with Gasteiger partial charge in [-0.05, 0) is 258 Å². The van der Waals surface area contributed by atoms with Crippen molar-refractivity contribution in [2.75, 3.05) is 59.5 Å². The third-order valence-corrected chi connectivity index (χ3v) is 69.0. The minimum atomic E-state index is -3.39. The molecule has 0 aromatic heterocycles. The van der Waals surface area contributed by atoms with Gasteiger partial charge in [-0.25, -0.2) is 0 Å². The highest BCUT2D eigenvalue weighted by Crippen LogP contribution is 2.96. The Labute approximate surface area is 490 Å². The van der Waals surface area contributed by atoms with E-state index in [0.717, 1.165) is 31.1 Å². The molecule has 10 atom stereocenters. The van der Waals surface area contributed by atoms with Crippen molar-refractivity contribution < 1.29 is 39.8 Å². The number of rotatable bonds is 37. The van der Waals surface area contributed by atoms with Crippen molar-refractivity contribution >= 4 is 146 Å². The van der Waals surface area contributed by atoms with E-state index in [9.17, 15) is 0 Å². The molecule has 73 heavy (non-hydrogen) atoms. The van der Waals surface area contributed by atoms with Crippen LogP contribution in [0.25, 0.3) is 0 Å². The lowest BCUT2D eigenvalue weighted by atomic mass is 9.90. The summed E-state index contributed by atoms with van der Waals surface area (Å²) in [5.74, 6) is 3.73. The van der Waals surface area contributed by atoms with Crippen LogP contribution < -0.4 is 0 Å². The molecule has 0 aliphatic heterocycles. The maximum atomic E-state index is 7.41. The fraction of sp³-hybridized carbons (Fsp3) is 1.00. The molecule has 428 valence electrons. The predicted molar refractivity (Wildman–Crippen MR) is 343 cm³/mol. The fourth-order valence-corrected chi connectivity index (χ4v) is 79.9. The molecule has 9 nitrogen and oxygen atoms in total. The Morgan fingerprint density at radius 3 is 1.21 bits per heavy atom. The Hall–Kier alpha value is 4.49. The first-order valence-corrected chi connectivity index (χ1v) is 49.2. The van der Waals surface area contributed by atoms with Gasteiger partial charge in [0.15, 0.2) is 0 Å². The van der Waals surface area contributed by atoms with Gasteiger partial charge in [0.1, 0.15) is 8.74 Å². The molecule has 6 bridgehead atoms. The minimum Gasteiger partial charge on any atom is -0.373 e. The number of hydrogen-bond acceptors (Lipinski definition) is 20. The maximum Gasteiger partial charge on any atom is 0.519 e. The highest BCUT2D eigenvalue weighted by Gasteiger charge is 2.79. The second kappa shape index (κ2) is 29.1. The first kappa shape index (κ1) is 65.0. The standard InChI is InChI=1S/C49H94O9S12Si3/c1-13-50-71(51-14-2,52-15-3)47(36-39-25-28-42(47)33-39)60-64-63-59-45(10,11)70(62-46(12)31-23-22-24-32-46,49(38-41-27-30-44(49)35-41)73(56-19-7,57-20-8)58-21-9)69-68-67-66-65-61-48(37-40-26-29-43(48)34-40)72(53-16-4,54-17-5)55-18-6/h39-44H,13-38H2,1-12H3. The van der Waals surface area contributed by atoms with Gasteiger partial charge in [-0.3, -0.25) is 0 Å². The lowest BCUT2D eigenvalue weighted by molar-refractivity contribution is 0.0489. The van der Waals surface area contributed by atoms with Crippen LogP contribution in [-0.4, -0.2) is 108 Å². The van der Waals surface area contributed by atoms with Gasteiger partial charge >= 0.3 is 26.4 Å². The molecule has 0 spiro atoms. The Kier molecular flexibility index (Phi) is 25.9. The second-order valence-corrected chi connectivity index (χ2v) is 56.6. The molecule has 10 unspecified atom stereocenters. The molecule has 7 rings (SSSR count). The Balaban J connectivity index is 1.25. The predicted octanol–water partition coefficient (Wildman–Crippen LogP) is 18.9. The van der Waals surface area contributed by atoms with E-state index >= 15 is 0 Å². The highest BCUT2D eigenvalue weighted by molar-refractivity contribution is 9.53. The van der Waals surface area contributed by atoms with E-state index in [-0.39, 0.29) is 21.9 Å². The van der Waals surface area contributed by atoms with Crippen LogP contribution >= 0.6 is 120 Å². The van der Waals surface area contributed by atoms with Crippen LogP contribution in [0.1, 0.15) is 192 Å². The van der Waals surface area contributed by atoms with Crippen molar-refractivity contribution in [1.82, 2.24) is 0 Å². The maximum absolute atomic E-state index is 7.41. The van der Waals surface area contributed by atoms with Crippen LogP contribution in [0, 0.1) is 35.5 Å². The molecule has 0 N–H and O–H groups in total. The summed E-state index contributed by atoms with van der Waals surface area (Å²) in [7, 11) is 11.6. The smallest absolute Gasteiger partial charge is 0.373 e. The summed E-state index contributed by atoms with van der Waals surface area (Å²) in [4.78, 5) is 0. The zero-order chi connectivity index (χ0) is 52.5. The third kappa shape index (κ3) is 12.9. The molecule has 24 heteroatoms. The second-order valence-electron chi connectivity index (χ2n) is 21.7. The zero-order valence-electron chi connectivity index (χ0n) is 46.4. The average molecular weight is 1300 g/mol. The van der Waals surface area contributed by atoms with E-state index < -0.39 is 34.5 Å². The summed E-state index contributed by atoms with van der Waals surface area (Å²) < 4.78 is 62.6. The van der Waals surface area contributed by atoms with Gasteiger partial charge in [-0.15, -0.1) is 8.09 Å². The Morgan fingerprint density at radius 1 is 0.452 bits per heavy atom. The average Bonchev–Trinajstić information content (AvgIpc) is 4.25. The number of hydrogen-bond donors (Lipinski definition) is 0. The van der Waals surface area contributed by atoms with E-state index in [0.29, 0.717) is 83.1 Å². The summed E-state index contributed by atoms with van der Waals surface area (Å²) in [5, 5.41) is 0. The molecular weight excluding hydrogens is 1200 g/mol. The monoisotopic (exact) mass is 1290 g/mol. The van der Waals surface area contributed by atoms with E-state index in [1.807, 2.05) is 59.9 Å². The molecule has 0 heterocycles. The Bertz CT molecular complexity index is 1660. The van der Waals surface area contributed by atoms with Gasteiger partial charge in [0.25, 0.3) is 0 Å². The summed E-state index contributed by atoms with van der Waals surface area (Å²) in [6, 6.07) is 0. The normalized spacial score (nSPS) is 33.3. The summed E-state index contributed by atoms with van der Waals surface area (Å²) in [6.07, 6.45) is 21.3. The molecule has 7 saturated carbocycles. The van der Waals surface area contributed by atoms with Gasteiger partial charge in [0, 0.05) is 64.2 Å². The van der Waals surface area contributed by atoms with Crippen LogP contribution in [0.15, 0.2) is 0 Å². The molecule has 0 radical (unpaired) electrons. The third-order valence-electron chi connectivity index (χ3n) is 17.1. The van der Waals surface area contributed by atoms with Crippen molar-refractivity contribution in [1.29, 1.82) is 0 Å². The van der Waals surface area contributed by atoms with Gasteiger partial charge in [0.2, 0.25) is 0 Å². The fourth-order valence-electron chi connectivity index (χ4n) is 14.7. The molecule has 7 aliphatic rings. The van der Waals surface area contributed by atoms with E-state index in [1.54, 1.807) is 0 Å². The summed E-state index contributed by atoms with van der Waals surface area (Å²) in [5.41, 5.74) is 0. The molecule has 0 amide bonds. The van der Waals surface area contributed by atoms with Crippen LogP contribution in [0.4, 0.5) is 0 Å². The van der Waals surface area contributed by atoms with Crippen LogP contribution in [0.2, 0.25) is 0 Å². The van der Waals surface area contributed by atoms with Crippen molar-refractivity contribution in [2.24, 2.45) is 35.5 Å². The van der Waals surface area contributed by atoms with Gasteiger partial charge < -0.3 is 39.8 Å². The van der Waals surface area contributed by atoms with Gasteiger partial charge in [0.05, 0.1) is 8.45 Å². The van der Waals surface area contributed by atoms with Crippen LogP contribution in [0.5, 0.6) is 0 Å².